The maximum Gasteiger partial charge on any atom is 0.316 e. The predicted molar refractivity (Wildman–Crippen MR) is 35.3 cm³/mol. The third-order valence-corrected chi connectivity index (χ3v) is 1.05. The molecule has 0 aromatic heterocycles. The molecule has 0 aliphatic rings. The Morgan fingerprint density at radius 2 is 2.11 bits per heavy atom. The van der Waals surface area contributed by atoms with Crippen LogP contribution in [0, 0.1) is 11.5 Å². The summed E-state index contributed by atoms with van der Waals surface area (Å²) in [4.78, 5) is 3.68. The zero-order valence-corrected chi connectivity index (χ0v) is 5.92. The van der Waals surface area contributed by atoms with Crippen molar-refractivity contribution in [2.45, 2.75) is 0 Å². The van der Waals surface area contributed by atoms with Crippen LogP contribution in [0.3, 0.4) is 0 Å². The summed E-state index contributed by atoms with van der Waals surface area (Å²) in [5, 5.41) is 8.46. The van der Waals surface area contributed by atoms with Gasteiger partial charge in [0.15, 0.2) is 0 Å². The van der Waals surface area contributed by atoms with E-state index in [9.17, 15) is 0 Å². The van der Waals surface area contributed by atoms with Gasteiger partial charge >= 0.3 is 12.2 Å². The van der Waals surface area contributed by atoms with Crippen molar-refractivity contribution in [3.63, 3.8) is 0 Å². The van der Waals surface area contributed by atoms with Gasteiger partial charge < -0.3 is 5.73 Å². The molecule has 4 heteroatoms. The molecule has 0 spiro atoms. The normalized spacial score (nSPS) is 12.9. The fourth-order valence-electron chi connectivity index (χ4n) is 0.301. The molecule has 0 rings (SSSR count). The second kappa shape index (κ2) is 2.46. The number of nitrogens with two attached hydrogens (primary N) is 1. The SMILES string of the molecule is CN=C(N)[N+](C)(C)C#N. The molecule has 0 radical (unpaired) electrons. The van der Waals surface area contributed by atoms with Crippen molar-refractivity contribution in [1.82, 2.24) is 0 Å². The Kier molecular flexibility index (Phi) is 2.17. The number of nitriles is 1. The third kappa shape index (κ3) is 1.70. The number of guanidine groups is 1. The van der Waals surface area contributed by atoms with E-state index in [1.165, 1.54) is 0 Å². The second-order valence-electron chi connectivity index (χ2n) is 2.14. The highest BCUT2D eigenvalue weighted by molar-refractivity contribution is 5.71. The van der Waals surface area contributed by atoms with Crippen LogP contribution < -0.4 is 5.73 Å². The molecule has 50 valence electrons. The first-order valence-corrected chi connectivity index (χ1v) is 2.52. The van der Waals surface area contributed by atoms with Crippen molar-refractivity contribution in [2.24, 2.45) is 10.7 Å². The number of aliphatic imine (C=N–C) groups is 1. The van der Waals surface area contributed by atoms with Crippen molar-refractivity contribution < 1.29 is 4.48 Å². The zero-order valence-electron chi connectivity index (χ0n) is 5.92. The summed E-state index contributed by atoms with van der Waals surface area (Å²) in [5.74, 6) is 0.317. The maximum absolute atomic E-state index is 8.46. The Balaban J connectivity index is 4.39. The van der Waals surface area contributed by atoms with Gasteiger partial charge in [0.2, 0.25) is 0 Å². The highest BCUT2D eigenvalue weighted by atomic mass is 15.4. The van der Waals surface area contributed by atoms with E-state index in [1.54, 1.807) is 21.1 Å². The predicted octanol–water partition coefficient (Wildman–Crippen LogP) is -0.512. The largest absolute Gasteiger partial charge is 0.337 e. The van der Waals surface area contributed by atoms with Crippen LogP contribution in [0.5, 0.6) is 0 Å². The van der Waals surface area contributed by atoms with Crippen molar-refractivity contribution in [3.05, 3.63) is 0 Å². The first kappa shape index (κ1) is 7.92. The van der Waals surface area contributed by atoms with E-state index in [2.05, 4.69) is 4.99 Å². The van der Waals surface area contributed by atoms with E-state index in [0.717, 1.165) is 0 Å². The van der Waals surface area contributed by atoms with Crippen LogP contribution in [0.25, 0.3) is 0 Å². The van der Waals surface area contributed by atoms with E-state index in [0.29, 0.717) is 5.96 Å². The Bertz CT molecular complexity index is 162. The third-order valence-electron chi connectivity index (χ3n) is 1.05. The molecule has 0 heterocycles. The zero-order chi connectivity index (χ0) is 7.49. The molecule has 0 fully saturated rings. The first-order valence-electron chi connectivity index (χ1n) is 2.52. The smallest absolute Gasteiger partial charge is 0.316 e. The second-order valence-corrected chi connectivity index (χ2v) is 2.14. The van der Waals surface area contributed by atoms with Crippen LogP contribution in [0.15, 0.2) is 4.99 Å². The van der Waals surface area contributed by atoms with Crippen molar-refractivity contribution in [3.8, 4) is 6.19 Å². The molecule has 0 atom stereocenters. The molecule has 4 nitrogen and oxygen atoms in total. The molecule has 0 amide bonds. The Labute approximate surface area is 54.8 Å². The van der Waals surface area contributed by atoms with Crippen LogP contribution in [0.4, 0.5) is 0 Å². The summed E-state index contributed by atoms with van der Waals surface area (Å²) < 4.78 is -0.0174. The fourth-order valence-corrected chi connectivity index (χ4v) is 0.301. The first-order chi connectivity index (χ1) is 4.04. The van der Waals surface area contributed by atoms with Gasteiger partial charge in [0, 0.05) is 7.05 Å². The van der Waals surface area contributed by atoms with Crippen LogP contribution in [-0.2, 0) is 0 Å². The molecular formula is C5H11N4+. The molecular weight excluding hydrogens is 116 g/mol. The van der Waals surface area contributed by atoms with Gasteiger partial charge in [-0.25, -0.2) is 4.99 Å². The Hall–Kier alpha value is -1.08. The van der Waals surface area contributed by atoms with E-state index in [4.69, 9.17) is 11.0 Å². The van der Waals surface area contributed by atoms with E-state index in [1.807, 2.05) is 6.19 Å². The highest BCUT2D eigenvalue weighted by Crippen LogP contribution is 1.90. The van der Waals surface area contributed by atoms with Gasteiger partial charge in [0.1, 0.15) is 0 Å². The van der Waals surface area contributed by atoms with Gasteiger partial charge in [0.05, 0.1) is 14.1 Å². The fraction of sp³-hybridized carbons (Fsp3) is 0.600. The van der Waals surface area contributed by atoms with Gasteiger partial charge in [-0.2, -0.15) is 4.48 Å². The number of quaternary nitrogens is 1. The standard InChI is InChI=1S/C5H11N4/c1-8-5(7)9(2,3)4-6/h1-3H3,(H2,7,8)/q+1. The number of rotatable bonds is 0. The molecule has 2 N–H and O–H groups in total. The van der Waals surface area contributed by atoms with Crippen LogP contribution in [-0.4, -0.2) is 31.6 Å². The molecule has 0 aliphatic carbocycles. The highest BCUT2D eigenvalue weighted by Gasteiger charge is 2.19. The van der Waals surface area contributed by atoms with E-state index >= 15 is 0 Å². The van der Waals surface area contributed by atoms with E-state index in [-0.39, 0.29) is 4.48 Å². The molecule has 0 saturated heterocycles. The molecule has 0 aromatic carbocycles. The summed E-state index contributed by atoms with van der Waals surface area (Å²) in [7, 11) is 4.90. The van der Waals surface area contributed by atoms with Crippen molar-refractivity contribution in [2.75, 3.05) is 21.1 Å². The average Bonchev–Trinajstić information content (AvgIpc) is 1.86. The molecule has 0 unspecified atom stereocenters. The van der Waals surface area contributed by atoms with Crippen LogP contribution in [0.2, 0.25) is 0 Å². The van der Waals surface area contributed by atoms with Crippen molar-refractivity contribution >= 4 is 5.96 Å². The lowest BCUT2D eigenvalue weighted by atomic mass is 10.6. The summed E-state index contributed by atoms with van der Waals surface area (Å²) in [5.41, 5.74) is 5.36. The van der Waals surface area contributed by atoms with Gasteiger partial charge in [0.25, 0.3) is 0 Å². The van der Waals surface area contributed by atoms with Gasteiger partial charge in [-0.05, 0) is 0 Å². The summed E-state index contributed by atoms with van der Waals surface area (Å²) in [6.07, 6.45) is 1.97. The number of hydrogen-bond donors (Lipinski definition) is 1. The maximum atomic E-state index is 8.46. The minimum atomic E-state index is -0.0174. The van der Waals surface area contributed by atoms with Gasteiger partial charge in [-0.15, -0.1) is 5.26 Å². The average molecular weight is 127 g/mol. The Morgan fingerprint density at radius 1 is 1.67 bits per heavy atom. The monoisotopic (exact) mass is 127 g/mol. The van der Waals surface area contributed by atoms with Gasteiger partial charge in [-0.3, -0.25) is 0 Å². The molecule has 0 saturated carbocycles. The molecule has 0 aromatic rings. The summed E-state index contributed by atoms with van der Waals surface area (Å²) in [6, 6.07) is 0. The lowest BCUT2D eigenvalue weighted by Gasteiger charge is -2.14. The summed E-state index contributed by atoms with van der Waals surface area (Å²) >= 11 is 0. The molecule has 9 heavy (non-hydrogen) atoms. The van der Waals surface area contributed by atoms with E-state index < -0.39 is 0 Å². The van der Waals surface area contributed by atoms with Crippen LogP contribution >= 0.6 is 0 Å². The van der Waals surface area contributed by atoms with Crippen molar-refractivity contribution in [1.29, 1.82) is 5.26 Å². The number of hydrogen-bond acceptors (Lipinski definition) is 2. The van der Waals surface area contributed by atoms with Gasteiger partial charge in [-0.1, -0.05) is 0 Å². The number of nitrogens with zero attached hydrogens (tertiary/aromatic N) is 3. The molecule has 0 bridgehead atoms. The topological polar surface area (TPSA) is 62.2 Å². The van der Waals surface area contributed by atoms with Crippen LogP contribution in [0.1, 0.15) is 0 Å². The quantitative estimate of drug-likeness (QED) is 0.206. The minimum absolute atomic E-state index is 0.0174. The molecule has 0 aliphatic heterocycles. The Morgan fingerprint density at radius 3 is 2.22 bits per heavy atom. The lowest BCUT2D eigenvalue weighted by Crippen LogP contribution is -2.45. The summed E-state index contributed by atoms with van der Waals surface area (Å²) in [6.45, 7) is 0. The minimum Gasteiger partial charge on any atom is -0.337 e. The lowest BCUT2D eigenvalue weighted by molar-refractivity contribution is -0.728.